The Kier molecular flexibility index (Phi) is 4.53. The third-order valence-electron chi connectivity index (χ3n) is 2.52. The van der Waals surface area contributed by atoms with Crippen molar-refractivity contribution in [2.45, 2.75) is 4.90 Å². The molecule has 2 rings (SSSR count). The predicted octanol–water partition coefficient (Wildman–Crippen LogP) is 4.17. The van der Waals surface area contributed by atoms with Gasteiger partial charge in [-0.1, -0.05) is 34.8 Å². The third kappa shape index (κ3) is 3.52. The van der Waals surface area contributed by atoms with Gasteiger partial charge in [0.25, 0.3) is 10.0 Å². The number of nitrogens with two attached hydrogens (primary N) is 1. The first-order valence-electron chi connectivity index (χ1n) is 5.43. The Morgan fingerprint density at radius 1 is 1.00 bits per heavy atom. The van der Waals surface area contributed by atoms with Crippen LogP contribution in [-0.4, -0.2) is 8.42 Å². The molecule has 0 aromatic heterocycles. The highest BCUT2D eigenvalue weighted by Crippen LogP contribution is 2.34. The lowest BCUT2D eigenvalue weighted by Crippen LogP contribution is -2.15. The minimum atomic E-state index is -4.12. The van der Waals surface area contributed by atoms with Crippen LogP contribution in [-0.2, 0) is 10.0 Å². The van der Waals surface area contributed by atoms with Crippen molar-refractivity contribution in [2.75, 3.05) is 10.5 Å². The Labute approximate surface area is 135 Å². The summed E-state index contributed by atoms with van der Waals surface area (Å²) in [5.41, 5.74) is 5.47. The molecule has 4 nitrogen and oxygen atoms in total. The van der Waals surface area contributed by atoms with Crippen molar-refractivity contribution in [3.8, 4) is 0 Å². The molecule has 0 heterocycles. The van der Waals surface area contributed by atoms with Crippen molar-refractivity contribution < 1.29 is 12.8 Å². The van der Waals surface area contributed by atoms with Gasteiger partial charge in [0.15, 0.2) is 0 Å². The molecule has 2 aromatic carbocycles. The van der Waals surface area contributed by atoms with Crippen molar-refractivity contribution in [1.29, 1.82) is 0 Å². The van der Waals surface area contributed by atoms with E-state index in [1.165, 1.54) is 12.1 Å². The summed E-state index contributed by atoms with van der Waals surface area (Å²) in [7, 11) is -4.12. The van der Waals surface area contributed by atoms with Crippen LogP contribution in [0.3, 0.4) is 0 Å². The highest BCUT2D eigenvalue weighted by Gasteiger charge is 2.20. The summed E-state index contributed by atoms with van der Waals surface area (Å²) in [6.45, 7) is 0. The van der Waals surface area contributed by atoms with Crippen molar-refractivity contribution >= 4 is 56.2 Å². The van der Waals surface area contributed by atoms with Gasteiger partial charge in [-0.15, -0.1) is 0 Å². The summed E-state index contributed by atoms with van der Waals surface area (Å²) in [5, 5.41) is 0.337. The van der Waals surface area contributed by atoms with Gasteiger partial charge in [-0.2, -0.15) is 0 Å². The van der Waals surface area contributed by atoms with Crippen LogP contribution >= 0.6 is 34.8 Å². The van der Waals surface area contributed by atoms with Gasteiger partial charge in [-0.05, 0) is 30.3 Å². The van der Waals surface area contributed by atoms with Crippen molar-refractivity contribution in [2.24, 2.45) is 0 Å². The standard InChI is InChI=1S/C12H8Cl3FN2O2S/c13-7-4-9(15)11(5-8(7)14)18-21(19,20)12-3-6(16)1-2-10(12)17/h1-5,18H,17H2. The smallest absolute Gasteiger partial charge is 0.264 e. The van der Waals surface area contributed by atoms with Crippen LogP contribution in [0.5, 0.6) is 0 Å². The van der Waals surface area contributed by atoms with Gasteiger partial charge in [-0.25, -0.2) is 12.8 Å². The van der Waals surface area contributed by atoms with E-state index in [2.05, 4.69) is 4.72 Å². The molecule has 3 N–H and O–H groups in total. The lowest BCUT2D eigenvalue weighted by molar-refractivity contribution is 0.596. The number of benzene rings is 2. The molecule has 0 bridgehead atoms. The Morgan fingerprint density at radius 3 is 2.29 bits per heavy atom. The average molecular weight is 370 g/mol. The molecule has 0 aliphatic heterocycles. The second-order valence-electron chi connectivity index (χ2n) is 4.03. The van der Waals surface area contributed by atoms with Crippen LogP contribution in [0.15, 0.2) is 35.2 Å². The zero-order chi connectivity index (χ0) is 15.8. The van der Waals surface area contributed by atoms with E-state index >= 15 is 0 Å². The largest absolute Gasteiger partial charge is 0.398 e. The van der Waals surface area contributed by atoms with Gasteiger partial charge in [0.05, 0.1) is 26.4 Å². The Hall–Kier alpha value is -1.21. The molecule has 9 heteroatoms. The first-order valence-corrected chi connectivity index (χ1v) is 8.05. The SMILES string of the molecule is Nc1ccc(F)cc1S(=O)(=O)Nc1cc(Cl)c(Cl)cc1Cl. The molecule has 21 heavy (non-hydrogen) atoms. The molecule has 0 amide bonds. The summed E-state index contributed by atoms with van der Waals surface area (Å²) in [5.74, 6) is -0.732. The molecule has 0 atom stereocenters. The molecule has 0 saturated heterocycles. The van der Waals surface area contributed by atoms with Crippen LogP contribution in [0.2, 0.25) is 15.1 Å². The minimum Gasteiger partial charge on any atom is -0.398 e. The number of anilines is 2. The molecular formula is C12H8Cl3FN2O2S. The zero-order valence-electron chi connectivity index (χ0n) is 10.2. The molecular weight excluding hydrogens is 362 g/mol. The van der Waals surface area contributed by atoms with E-state index in [-0.39, 0.29) is 26.4 Å². The van der Waals surface area contributed by atoms with Crippen molar-refractivity contribution in [3.05, 3.63) is 51.2 Å². The minimum absolute atomic E-state index is 0.00901. The number of sulfonamides is 1. The predicted molar refractivity (Wildman–Crippen MR) is 83.1 cm³/mol. The second-order valence-corrected chi connectivity index (χ2v) is 6.91. The zero-order valence-corrected chi connectivity index (χ0v) is 13.3. The quantitative estimate of drug-likeness (QED) is 0.630. The van der Waals surface area contributed by atoms with Gasteiger partial charge in [0.1, 0.15) is 10.7 Å². The molecule has 0 saturated carbocycles. The first-order chi connectivity index (χ1) is 9.70. The maximum absolute atomic E-state index is 13.2. The summed E-state index contributed by atoms with van der Waals surface area (Å²) in [6, 6.07) is 5.56. The van der Waals surface area contributed by atoms with Crippen LogP contribution < -0.4 is 10.5 Å². The average Bonchev–Trinajstić information content (AvgIpc) is 2.38. The van der Waals surface area contributed by atoms with Crippen LogP contribution in [0, 0.1) is 5.82 Å². The number of hydrogen-bond acceptors (Lipinski definition) is 3. The Balaban J connectivity index is 2.47. The molecule has 0 aliphatic carbocycles. The molecule has 0 radical (unpaired) electrons. The summed E-state index contributed by atoms with van der Waals surface area (Å²) >= 11 is 17.5. The van der Waals surface area contributed by atoms with E-state index in [0.29, 0.717) is 0 Å². The Morgan fingerprint density at radius 2 is 1.62 bits per heavy atom. The van der Waals surface area contributed by atoms with E-state index in [1.807, 2.05) is 0 Å². The second kappa shape index (κ2) is 5.88. The topological polar surface area (TPSA) is 72.2 Å². The number of halogens is 4. The highest BCUT2D eigenvalue weighted by atomic mass is 35.5. The number of hydrogen-bond donors (Lipinski definition) is 2. The van der Waals surface area contributed by atoms with Crippen molar-refractivity contribution in [3.63, 3.8) is 0 Å². The first kappa shape index (κ1) is 16.2. The molecule has 112 valence electrons. The summed E-state index contributed by atoms with van der Waals surface area (Å²) in [6.07, 6.45) is 0. The summed E-state index contributed by atoms with van der Waals surface area (Å²) < 4.78 is 39.9. The number of nitrogens with one attached hydrogen (secondary N) is 1. The number of nitrogen functional groups attached to an aromatic ring is 1. The van der Waals surface area contributed by atoms with Crippen LogP contribution in [0.25, 0.3) is 0 Å². The summed E-state index contributed by atoms with van der Waals surface area (Å²) in [4.78, 5) is -0.398. The normalized spacial score (nSPS) is 11.4. The molecule has 0 aliphatic rings. The third-order valence-corrected chi connectivity index (χ3v) is 4.98. The van der Waals surface area contributed by atoms with E-state index in [9.17, 15) is 12.8 Å². The van der Waals surface area contributed by atoms with Crippen LogP contribution in [0.1, 0.15) is 0 Å². The highest BCUT2D eigenvalue weighted by molar-refractivity contribution is 7.92. The van der Waals surface area contributed by atoms with Gasteiger partial charge in [0, 0.05) is 0 Å². The maximum atomic E-state index is 13.2. The van der Waals surface area contributed by atoms with E-state index in [4.69, 9.17) is 40.5 Å². The lowest BCUT2D eigenvalue weighted by Gasteiger charge is -2.12. The molecule has 2 aromatic rings. The van der Waals surface area contributed by atoms with Crippen molar-refractivity contribution in [1.82, 2.24) is 0 Å². The molecule has 0 spiro atoms. The fourth-order valence-electron chi connectivity index (χ4n) is 1.54. The van der Waals surface area contributed by atoms with Gasteiger partial charge in [0.2, 0.25) is 0 Å². The fourth-order valence-corrected chi connectivity index (χ4v) is 3.41. The van der Waals surface area contributed by atoms with Gasteiger partial charge in [-0.3, -0.25) is 4.72 Å². The van der Waals surface area contributed by atoms with E-state index in [1.54, 1.807) is 0 Å². The lowest BCUT2D eigenvalue weighted by atomic mass is 10.3. The molecule has 0 fully saturated rings. The maximum Gasteiger partial charge on any atom is 0.264 e. The number of rotatable bonds is 3. The van der Waals surface area contributed by atoms with E-state index in [0.717, 1.165) is 18.2 Å². The van der Waals surface area contributed by atoms with Gasteiger partial charge < -0.3 is 5.73 Å². The fraction of sp³-hybridized carbons (Fsp3) is 0. The molecule has 0 unspecified atom stereocenters. The monoisotopic (exact) mass is 368 g/mol. The van der Waals surface area contributed by atoms with Gasteiger partial charge >= 0.3 is 0 Å². The van der Waals surface area contributed by atoms with E-state index < -0.39 is 20.7 Å². The Bertz CT molecular complexity index is 812. The van der Waals surface area contributed by atoms with Crippen LogP contribution in [0.4, 0.5) is 15.8 Å².